The summed E-state index contributed by atoms with van der Waals surface area (Å²) in [6.45, 7) is 14.0. The van der Waals surface area contributed by atoms with Gasteiger partial charge in [-0.3, -0.25) is 0 Å². The zero-order valence-corrected chi connectivity index (χ0v) is 23.6. The predicted octanol–water partition coefficient (Wildman–Crippen LogP) is 9.12. The molecule has 0 radical (unpaired) electrons. The van der Waals surface area contributed by atoms with Crippen LogP contribution in [-0.4, -0.2) is 18.4 Å². The number of rotatable bonds is 16. The van der Waals surface area contributed by atoms with Crippen molar-refractivity contribution in [2.45, 2.75) is 119 Å². The van der Waals surface area contributed by atoms with Crippen LogP contribution in [0.15, 0.2) is 23.8 Å². The SMILES string of the molecule is CCC[CH2][Sn]([CH2]CCC)([CH2]CCC)[c]1ccc(CC[C@@H](C)CCC=C(C)C)s1. The maximum absolute atomic E-state index is 2.60. The number of allylic oxidation sites excluding steroid dienone is 2. The molecule has 162 valence electrons. The zero-order chi connectivity index (χ0) is 20.8. The molecule has 0 bridgehead atoms. The summed E-state index contributed by atoms with van der Waals surface area (Å²) in [7, 11) is 0. The predicted molar refractivity (Wildman–Crippen MR) is 135 cm³/mol. The van der Waals surface area contributed by atoms with Crippen molar-refractivity contribution in [3.05, 3.63) is 28.7 Å². The Balaban J connectivity index is 2.78. The van der Waals surface area contributed by atoms with Crippen molar-refractivity contribution in [3.63, 3.8) is 0 Å². The van der Waals surface area contributed by atoms with Gasteiger partial charge in [0.15, 0.2) is 0 Å². The fourth-order valence-corrected chi connectivity index (χ4v) is 24.6. The fourth-order valence-electron chi connectivity index (χ4n) is 4.28. The van der Waals surface area contributed by atoms with Crippen molar-refractivity contribution >= 4 is 32.6 Å². The first kappa shape index (κ1) is 26.3. The molecule has 0 spiro atoms. The molecule has 0 aliphatic carbocycles. The Bertz CT molecular complexity index is 517. The van der Waals surface area contributed by atoms with E-state index in [9.17, 15) is 0 Å². The van der Waals surface area contributed by atoms with E-state index in [1.807, 2.05) is 2.89 Å². The second-order valence-corrected chi connectivity index (χ2v) is 24.7. The Kier molecular flexibility index (Phi) is 14.2. The van der Waals surface area contributed by atoms with Crippen LogP contribution in [0.25, 0.3) is 0 Å². The normalized spacial score (nSPS) is 12.9. The van der Waals surface area contributed by atoms with Gasteiger partial charge in [0.25, 0.3) is 0 Å². The number of unbranched alkanes of at least 4 members (excludes halogenated alkanes) is 3. The third-order valence-electron chi connectivity index (χ3n) is 6.31. The van der Waals surface area contributed by atoms with Crippen LogP contribution in [-0.2, 0) is 6.42 Å². The van der Waals surface area contributed by atoms with E-state index in [0.29, 0.717) is 0 Å². The molecule has 1 aromatic heterocycles. The van der Waals surface area contributed by atoms with Crippen LogP contribution in [0.3, 0.4) is 0 Å². The van der Waals surface area contributed by atoms with E-state index in [0.717, 1.165) is 5.92 Å². The van der Waals surface area contributed by atoms with E-state index in [1.54, 1.807) is 18.2 Å². The third-order valence-corrected chi connectivity index (χ3v) is 25.7. The Labute approximate surface area is 185 Å². The standard InChI is InChI=1S/C14H21S.3C4H9.Sn/c1-12(2)6-4-7-13(3)9-10-14-8-5-11-15-14;3*1-3-4-2;/h5-6,8,13H,4,7,9-10H2,1-3H3;3*1,3-4H2,2H3;/t13-;;;;/m0..../s1. The summed E-state index contributed by atoms with van der Waals surface area (Å²) >= 11 is 0.0539. The average molecular weight is 511 g/mol. The van der Waals surface area contributed by atoms with Crippen molar-refractivity contribution in [1.29, 1.82) is 0 Å². The summed E-state index contributed by atoms with van der Waals surface area (Å²) < 4.78 is 6.72. The van der Waals surface area contributed by atoms with Crippen LogP contribution in [0.4, 0.5) is 0 Å². The van der Waals surface area contributed by atoms with Crippen LogP contribution in [0.2, 0.25) is 13.3 Å². The van der Waals surface area contributed by atoms with Gasteiger partial charge in [0.2, 0.25) is 0 Å². The minimum absolute atomic E-state index is 0.842. The van der Waals surface area contributed by atoms with Crippen molar-refractivity contribution < 1.29 is 0 Å². The molecule has 0 N–H and O–H groups in total. The monoisotopic (exact) mass is 512 g/mol. The van der Waals surface area contributed by atoms with Gasteiger partial charge in [-0.25, -0.2) is 0 Å². The van der Waals surface area contributed by atoms with Gasteiger partial charge >= 0.3 is 186 Å². The molecule has 0 aliphatic heterocycles. The maximum atomic E-state index is 2.60. The molecule has 1 rings (SSSR count). The number of hydrogen-bond donors (Lipinski definition) is 0. The van der Waals surface area contributed by atoms with Gasteiger partial charge in [-0.15, -0.1) is 0 Å². The van der Waals surface area contributed by atoms with E-state index in [1.165, 1.54) is 69.8 Å². The number of thiophene rings is 1. The van der Waals surface area contributed by atoms with Gasteiger partial charge in [-0.05, 0) is 0 Å². The molecule has 0 aliphatic rings. The molecule has 0 nitrogen and oxygen atoms in total. The van der Waals surface area contributed by atoms with E-state index < -0.39 is 18.4 Å². The average Bonchev–Trinajstić information content (AvgIpc) is 3.15. The molecular weight excluding hydrogens is 463 g/mol. The number of aryl methyl sites for hydroxylation is 1. The second-order valence-electron chi connectivity index (χ2n) is 9.36. The van der Waals surface area contributed by atoms with E-state index in [4.69, 9.17) is 0 Å². The topological polar surface area (TPSA) is 0 Å². The Morgan fingerprint density at radius 3 is 2.00 bits per heavy atom. The van der Waals surface area contributed by atoms with Crippen molar-refractivity contribution in [2.24, 2.45) is 5.92 Å². The van der Waals surface area contributed by atoms with E-state index in [2.05, 4.69) is 71.1 Å². The first-order chi connectivity index (χ1) is 13.5. The summed E-state index contributed by atoms with van der Waals surface area (Å²) in [5.74, 6) is 0.842. The van der Waals surface area contributed by atoms with Gasteiger partial charge in [-0.1, -0.05) is 0 Å². The Morgan fingerprint density at radius 2 is 1.50 bits per heavy atom. The van der Waals surface area contributed by atoms with Crippen molar-refractivity contribution in [3.8, 4) is 0 Å². The van der Waals surface area contributed by atoms with Crippen LogP contribution < -0.4 is 2.89 Å². The summed E-state index contributed by atoms with van der Waals surface area (Å²) in [4.78, 5) is 1.68. The van der Waals surface area contributed by atoms with E-state index in [-0.39, 0.29) is 0 Å². The van der Waals surface area contributed by atoms with Gasteiger partial charge in [0.05, 0.1) is 0 Å². The van der Waals surface area contributed by atoms with Gasteiger partial charge < -0.3 is 0 Å². The minimum atomic E-state index is -2.19. The molecule has 0 unspecified atom stereocenters. The molecule has 0 saturated heterocycles. The molecule has 28 heavy (non-hydrogen) atoms. The van der Waals surface area contributed by atoms with Crippen LogP contribution in [0.5, 0.6) is 0 Å². The molecule has 0 amide bonds. The number of hydrogen-bond acceptors (Lipinski definition) is 1. The molecule has 2 heteroatoms. The molecular formula is C26H48SSn. The molecule has 0 aromatic carbocycles. The molecule has 1 aromatic rings. The van der Waals surface area contributed by atoms with Crippen LogP contribution in [0.1, 0.15) is 104 Å². The van der Waals surface area contributed by atoms with Crippen LogP contribution in [0, 0.1) is 5.92 Å². The van der Waals surface area contributed by atoms with Gasteiger partial charge in [-0.2, -0.15) is 0 Å². The Morgan fingerprint density at radius 1 is 0.929 bits per heavy atom. The summed E-state index contributed by atoms with van der Waals surface area (Å²) in [6.07, 6.45) is 16.2. The zero-order valence-electron chi connectivity index (χ0n) is 19.9. The summed E-state index contributed by atoms with van der Waals surface area (Å²) in [5.41, 5.74) is 1.46. The second kappa shape index (κ2) is 15.1. The summed E-state index contributed by atoms with van der Waals surface area (Å²) in [6, 6.07) is 5.11. The van der Waals surface area contributed by atoms with Gasteiger partial charge in [0, 0.05) is 0 Å². The van der Waals surface area contributed by atoms with Crippen molar-refractivity contribution in [1.82, 2.24) is 0 Å². The van der Waals surface area contributed by atoms with Crippen molar-refractivity contribution in [2.75, 3.05) is 0 Å². The first-order valence-electron chi connectivity index (χ1n) is 12.2. The molecule has 1 heterocycles. The molecule has 1 atom stereocenters. The quantitative estimate of drug-likeness (QED) is 0.153. The first-order valence-corrected chi connectivity index (χ1v) is 20.5. The fraction of sp³-hybridized carbons (Fsp3) is 0.769. The van der Waals surface area contributed by atoms with Crippen LogP contribution >= 0.6 is 11.3 Å². The molecule has 0 fully saturated rings. The summed E-state index contributed by atoms with van der Waals surface area (Å²) in [5, 5.41) is 0. The van der Waals surface area contributed by atoms with Gasteiger partial charge in [0.1, 0.15) is 0 Å². The van der Waals surface area contributed by atoms with E-state index >= 15 is 0 Å². The third kappa shape index (κ3) is 9.83. The molecule has 0 saturated carbocycles. The Hall–Kier alpha value is 0.239.